The second-order valence-corrected chi connectivity index (χ2v) is 4.82. The molecule has 1 heterocycles. The van der Waals surface area contributed by atoms with Crippen LogP contribution in [0.3, 0.4) is 0 Å². The van der Waals surface area contributed by atoms with Crippen molar-refractivity contribution in [1.82, 2.24) is 9.78 Å². The molecule has 2 aromatic rings. The average Bonchev–Trinajstić information content (AvgIpc) is 2.89. The lowest BCUT2D eigenvalue weighted by atomic mass is 10.2. The third-order valence-corrected chi connectivity index (χ3v) is 3.04. The average molecular weight is 331 g/mol. The molecule has 1 amide bonds. The first-order chi connectivity index (χ1) is 11.4. The summed E-state index contributed by atoms with van der Waals surface area (Å²) < 4.78 is 11.2. The highest BCUT2D eigenvalue weighted by Crippen LogP contribution is 2.18. The molecule has 1 aromatic heterocycles. The van der Waals surface area contributed by atoms with Crippen molar-refractivity contribution >= 4 is 23.7 Å². The molecule has 2 rings (SSSR count). The largest absolute Gasteiger partial charge is 0.462 e. The molecule has 0 saturated heterocycles. The first-order valence-corrected chi connectivity index (χ1v) is 7.21. The molecule has 0 radical (unpaired) electrons. The van der Waals surface area contributed by atoms with Crippen LogP contribution in [0.1, 0.15) is 34.6 Å². The van der Waals surface area contributed by atoms with Gasteiger partial charge in [-0.2, -0.15) is 5.10 Å². The minimum absolute atomic E-state index is 0.171. The SMILES string of the molecule is CCOC(=O)c1cnn(C)c1NC(=O)c1ccc(OC(C)=O)cc1. The van der Waals surface area contributed by atoms with Gasteiger partial charge in [0.1, 0.15) is 17.1 Å². The number of nitrogens with one attached hydrogen (secondary N) is 1. The molecule has 24 heavy (non-hydrogen) atoms. The van der Waals surface area contributed by atoms with E-state index < -0.39 is 17.8 Å². The minimum Gasteiger partial charge on any atom is -0.462 e. The summed E-state index contributed by atoms with van der Waals surface area (Å²) in [5.41, 5.74) is 0.506. The Labute approximate surface area is 138 Å². The molecule has 0 aliphatic heterocycles. The van der Waals surface area contributed by atoms with Crippen LogP contribution in [0.2, 0.25) is 0 Å². The minimum atomic E-state index is -0.564. The third kappa shape index (κ3) is 3.97. The summed E-state index contributed by atoms with van der Waals surface area (Å²) >= 11 is 0. The lowest BCUT2D eigenvalue weighted by molar-refractivity contribution is -0.131. The van der Waals surface area contributed by atoms with Crippen LogP contribution in [0.25, 0.3) is 0 Å². The first kappa shape index (κ1) is 17.2. The molecule has 0 unspecified atom stereocenters. The monoisotopic (exact) mass is 331 g/mol. The van der Waals surface area contributed by atoms with Crippen LogP contribution >= 0.6 is 0 Å². The molecule has 0 saturated carbocycles. The number of aryl methyl sites for hydroxylation is 1. The zero-order valence-electron chi connectivity index (χ0n) is 13.5. The van der Waals surface area contributed by atoms with Gasteiger partial charge in [0, 0.05) is 19.5 Å². The van der Waals surface area contributed by atoms with Crippen molar-refractivity contribution in [2.75, 3.05) is 11.9 Å². The van der Waals surface area contributed by atoms with Gasteiger partial charge in [-0.1, -0.05) is 0 Å². The van der Waals surface area contributed by atoms with E-state index in [1.807, 2.05) is 0 Å². The van der Waals surface area contributed by atoms with E-state index in [1.54, 1.807) is 14.0 Å². The number of aromatic nitrogens is 2. The van der Waals surface area contributed by atoms with Crippen LogP contribution in [0.15, 0.2) is 30.5 Å². The molecule has 1 aromatic carbocycles. The maximum atomic E-state index is 12.3. The summed E-state index contributed by atoms with van der Waals surface area (Å²) in [6.07, 6.45) is 1.33. The van der Waals surface area contributed by atoms with Crippen LogP contribution in [-0.2, 0) is 16.6 Å². The summed E-state index contributed by atoms with van der Waals surface area (Å²) in [6.45, 7) is 3.20. The zero-order chi connectivity index (χ0) is 17.7. The van der Waals surface area contributed by atoms with Gasteiger partial charge in [-0.3, -0.25) is 14.3 Å². The van der Waals surface area contributed by atoms with Gasteiger partial charge in [-0.15, -0.1) is 0 Å². The van der Waals surface area contributed by atoms with Crippen LogP contribution in [0.5, 0.6) is 5.75 Å². The van der Waals surface area contributed by atoms with E-state index in [2.05, 4.69) is 10.4 Å². The molecule has 0 bridgehead atoms. The van der Waals surface area contributed by atoms with Crippen molar-refractivity contribution in [2.24, 2.45) is 7.05 Å². The first-order valence-electron chi connectivity index (χ1n) is 7.21. The van der Waals surface area contributed by atoms with Gasteiger partial charge in [0.2, 0.25) is 0 Å². The van der Waals surface area contributed by atoms with Crippen LogP contribution in [0, 0.1) is 0 Å². The van der Waals surface area contributed by atoms with Gasteiger partial charge in [0.15, 0.2) is 0 Å². The van der Waals surface area contributed by atoms with Crippen LogP contribution in [-0.4, -0.2) is 34.2 Å². The number of amides is 1. The zero-order valence-corrected chi connectivity index (χ0v) is 13.5. The van der Waals surface area contributed by atoms with Crippen molar-refractivity contribution < 1.29 is 23.9 Å². The maximum absolute atomic E-state index is 12.3. The van der Waals surface area contributed by atoms with Gasteiger partial charge >= 0.3 is 11.9 Å². The number of anilines is 1. The maximum Gasteiger partial charge on any atom is 0.343 e. The quantitative estimate of drug-likeness (QED) is 0.662. The van der Waals surface area contributed by atoms with E-state index in [9.17, 15) is 14.4 Å². The predicted molar refractivity (Wildman–Crippen MR) is 84.9 cm³/mol. The summed E-state index contributed by atoms with van der Waals surface area (Å²) in [5.74, 6) is -0.861. The standard InChI is InChI=1S/C16H17N3O5/c1-4-23-16(22)13-9-17-19(3)14(13)18-15(21)11-5-7-12(8-6-11)24-10(2)20/h5-9H,4H2,1-3H3,(H,18,21). The number of ether oxygens (including phenoxy) is 2. The van der Waals surface area contributed by atoms with Crippen molar-refractivity contribution in [3.05, 3.63) is 41.6 Å². The number of hydrogen-bond acceptors (Lipinski definition) is 6. The molecule has 0 aliphatic rings. The number of carbonyl (C=O) groups is 3. The molecule has 8 heteroatoms. The third-order valence-electron chi connectivity index (χ3n) is 3.04. The summed E-state index contributed by atoms with van der Waals surface area (Å²) in [5, 5.41) is 6.58. The van der Waals surface area contributed by atoms with Crippen molar-refractivity contribution in [2.45, 2.75) is 13.8 Å². The molecule has 0 atom stereocenters. The topological polar surface area (TPSA) is 99.5 Å². The Bertz CT molecular complexity index is 765. The number of esters is 2. The van der Waals surface area contributed by atoms with Gasteiger partial charge in [0.25, 0.3) is 5.91 Å². The Kier molecular flexibility index (Phi) is 5.31. The summed E-state index contributed by atoms with van der Waals surface area (Å²) in [7, 11) is 1.60. The Balaban J connectivity index is 2.16. The van der Waals surface area contributed by atoms with E-state index >= 15 is 0 Å². The van der Waals surface area contributed by atoms with E-state index in [4.69, 9.17) is 9.47 Å². The summed E-state index contributed by atoms with van der Waals surface area (Å²) in [4.78, 5) is 35.1. The van der Waals surface area contributed by atoms with Crippen molar-refractivity contribution in [3.8, 4) is 5.75 Å². The molecule has 8 nitrogen and oxygen atoms in total. The molecule has 0 fully saturated rings. The van der Waals surface area contributed by atoms with Gasteiger partial charge in [0.05, 0.1) is 12.8 Å². The Morgan fingerprint density at radius 2 is 1.88 bits per heavy atom. The van der Waals surface area contributed by atoms with Crippen LogP contribution in [0.4, 0.5) is 5.82 Å². The fraction of sp³-hybridized carbons (Fsp3) is 0.250. The van der Waals surface area contributed by atoms with Gasteiger partial charge in [-0.05, 0) is 31.2 Å². The van der Waals surface area contributed by atoms with Gasteiger partial charge < -0.3 is 14.8 Å². The number of nitrogens with zero attached hydrogens (tertiary/aromatic N) is 2. The molecule has 1 N–H and O–H groups in total. The molecular formula is C16H17N3O5. The van der Waals surface area contributed by atoms with E-state index in [0.29, 0.717) is 11.3 Å². The fourth-order valence-electron chi connectivity index (χ4n) is 1.96. The Morgan fingerprint density at radius 3 is 2.46 bits per heavy atom. The second-order valence-electron chi connectivity index (χ2n) is 4.82. The van der Waals surface area contributed by atoms with Crippen molar-refractivity contribution in [3.63, 3.8) is 0 Å². The fourth-order valence-corrected chi connectivity index (χ4v) is 1.96. The van der Waals surface area contributed by atoms with Crippen molar-refractivity contribution in [1.29, 1.82) is 0 Å². The highest BCUT2D eigenvalue weighted by molar-refractivity contribution is 6.07. The number of benzene rings is 1. The summed E-state index contributed by atoms with van der Waals surface area (Å²) in [6, 6.07) is 6.03. The second kappa shape index (κ2) is 7.40. The molecule has 0 aliphatic carbocycles. The predicted octanol–water partition coefficient (Wildman–Crippen LogP) is 1.77. The molecular weight excluding hydrogens is 314 g/mol. The van der Waals surface area contributed by atoms with E-state index in [1.165, 1.54) is 42.1 Å². The highest BCUT2D eigenvalue weighted by atomic mass is 16.5. The van der Waals surface area contributed by atoms with Gasteiger partial charge in [-0.25, -0.2) is 4.79 Å². The lowest BCUT2D eigenvalue weighted by Gasteiger charge is -2.08. The lowest BCUT2D eigenvalue weighted by Crippen LogP contribution is -2.17. The molecule has 0 spiro atoms. The van der Waals surface area contributed by atoms with Crippen LogP contribution < -0.4 is 10.1 Å². The van der Waals surface area contributed by atoms with E-state index in [0.717, 1.165) is 0 Å². The van der Waals surface area contributed by atoms with E-state index in [-0.39, 0.29) is 18.0 Å². The normalized spacial score (nSPS) is 10.1. The highest BCUT2D eigenvalue weighted by Gasteiger charge is 2.19. The molecule has 126 valence electrons. The Morgan fingerprint density at radius 1 is 1.21 bits per heavy atom. The smallest absolute Gasteiger partial charge is 0.343 e. The number of rotatable bonds is 5. The number of carbonyl (C=O) groups excluding carboxylic acids is 3. The Hall–Kier alpha value is -3.16. The number of hydrogen-bond donors (Lipinski definition) is 1.